The van der Waals surface area contributed by atoms with Crippen LogP contribution < -0.4 is 5.32 Å². The number of phenolic OH excluding ortho intramolecular Hbond substituents is 1. The number of rotatable bonds is 13. The Balaban J connectivity index is 1.68. The van der Waals surface area contributed by atoms with Crippen LogP contribution in [0.1, 0.15) is 53.0 Å². The fourth-order valence-electron chi connectivity index (χ4n) is 4.55. The van der Waals surface area contributed by atoms with Crippen LogP contribution in [-0.4, -0.2) is 47.4 Å². The predicted octanol–water partition coefficient (Wildman–Crippen LogP) is 5.55. The highest BCUT2D eigenvalue weighted by Crippen LogP contribution is 2.59. The number of hydrogen-bond acceptors (Lipinski definition) is 8. The number of nitrogens with two attached hydrogens (primary N) is 1. The predicted molar refractivity (Wildman–Crippen MR) is 152 cm³/mol. The van der Waals surface area contributed by atoms with Gasteiger partial charge in [0.05, 0.1) is 37.6 Å². The lowest BCUT2D eigenvalue weighted by Crippen LogP contribution is -2.85. The van der Waals surface area contributed by atoms with E-state index in [0.29, 0.717) is 39.7 Å². The van der Waals surface area contributed by atoms with Crippen molar-refractivity contribution in [1.82, 2.24) is 9.97 Å². The number of aromatic hydroxyl groups is 1. The van der Waals surface area contributed by atoms with Gasteiger partial charge in [0.2, 0.25) is 5.78 Å². The molecule has 0 amide bonds. The average Bonchev–Trinajstić information content (AvgIpc) is 3.51. The monoisotopic (exact) mass is 572 g/mol. The van der Waals surface area contributed by atoms with E-state index in [1.807, 2.05) is 29.7 Å². The van der Waals surface area contributed by atoms with E-state index in [9.17, 15) is 14.5 Å². The number of ether oxygens (including phenoxy) is 1. The summed E-state index contributed by atoms with van der Waals surface area (Å²) in [7, 11) is -3.69. The van der Waals surface area contributed by atoms with Gasteiger partial charge in [-0.25, -0.2) is 9.78 Å². The number of hydrogen-bond donors (Lipinski definition) is 3. The van der Waals surface area contributed by atoms with E-state index in [1.54, 1.807) is 45.9 Å². The molecule has 0 aliphatic heterocycles. The van der Waals surface area contributed by atoms with Gasteiger partial charge >= 0.3 is 13.6 Å². The topological polar surface area (TPSA) is 127 Å². The highest BCUT2D eigenvalue weighted by Gasteiger charge is 2.42. The Kier molecular flexibility index (Phi) is 9.58. The van der Waals surface area contributed by atoms with Gasteiger partial charge in [-0.2, -0.15) is 0 Å². The lowest BCUT2D eigenvalue weighted by molar-refractivity contribution is -0.677. The van der Waals surface area contributed by atoms with Crippen LogP contribution in [0.4, 0.5) is 0 Å². The number of benzene rings is 2. The molecule has 2 heterocycles. The van der Waals surface area contributed by atoms with Gasteiger partial charge in [0.25, 0.3) is 0 Å². The number of thiazole rings is 1. The van der Waals surface area contributed by atoms with Crippen LogP contribution in [-0.2, 0) is 24.8 Å². The van der Waals surface area contributed by atoms with Crippen LogP contribution in [0.25, 0.3) is 21.5 Å². The number of nitrogens with zero attached hydrogens (tertiary/aromatic N) is 1. The number of quaternary nitrogens is 1. The molecular weight excluding hydrogens is 537 g/mol. The standard InChI is InChI=1S/C28H34N3O6PS/c1-5-35-28(33)25-18(4)31-27(39-25)19-12-13-24(32)22(16-19)26(38(34,36-6-2)37-7-3)29-15-14-20-17-30-23-11-9-8-10-21(20)23/h8-13,16-17,26,29-30,32H,5-7,14-15H2,1-4H3/p+1. The average molecular weight is 573 g/mol. The van der Waals surface area contributed by atoms with Crippen molar-refractivity contribution in [2.45, 2.75) is 39.9 Å². The fraction of sp³-hybridized carbons (Fsp3) is 0.357. The summed E-state index contributed by atoms with van der Waals surface area (Å²) >= 11 is 1.22. The van der Waals surface area contributed by atoms with Gasteiger partial charge in [0.1, 0.15) is 15.6 Å². The summed E-state index contributed by atoms with van der Waals surface area (Å²) in [5.74, 6) is -1.25. The van der Waals surface area contributed by atoms with Gasteiger partial charge in [-0.05, 0) is 57.5 Å². The largest absolute Gasteiger partial charge is 0.507 e. The van der Waals surface area contributed by atoms with Crippen LogP contribution in [0.5, 0.6) is 5.75 Å². The lowest BCUT2D eigenvalue weighted by Gasteiger charge is -2.25. The maximum atomic E-state index is 14.1. The SMILES string of the molecule is CCOC(=O)c1sc(-c2ccc(O)c(C([NH2+]CCc3c[nH]c4ccccc34)P(=O)(OCC)OCC)c2)nc1C. The molecule has 39 heavy (non-hydrogen) atoms. The minimum absolute atomic E-state index is 0.0226. The molecular formula is C28H35N3O6PS+. The number of phenols is 1. The number of H-pyrrole nitrogens is 1. The molecule has 208 valence electrons. The maximum Gasteiger partial charge on any atom is 0.392 e. The Morgan fingerprint density at radius 3 is 2.59 bits per heavy atom. The molecule has 0 radical (unpaired) electrons. The second-order valence-electron chi connectivity index (χ2n) is 8.88. The summed E-state index contributed by atoms with van der Waals surface area (Å²) in [6, 6.07) is 13.1. The number of aromatic nitrogens is 2. The number of fused-ring (bicyclic) bond motifs is 1. The Hall–Kier alpha value is -3.01. The normalized spacial score (nSPS) is 12.6. The third-order valence-corrected chi connectivity index (χ3v) is 9.88. The molecule has 9 nitrogen and oxygen atoms in total. The van der Waals surface area contributed by atoms with E-state index in [4.69, 9.17) is 13.8 Å². The zero-order valence-electron chi connectivity index (χ0n) is 22.6. The first-order valence-corrected chi connectivity index (χ1v) is 15.5. The van der Waals surface area contributed by atoms with E-state index in [1.165, 1.54) is 11.3 Å². The van der Waals surface area contributed by atoms with Crippen LogP contribution in [0, 0.1) is 6.92 Å². The quantitative estimate of drug-likeness (QED) is 0.142. The zero-order valence-corrected chi connectivity index (χ0v) is 24.3. The molecule has 1 atom stereocenters. The van der Waals surface area contributed by atoms with Crippen LogP contribution in [0.15, 0.2) is 48.7 Å². The third-order valence-electron chi connectivity index (χ3n) is 6.29. The second-order valence-corrected chi connectivity index (χ2v) is 12.0. The molecule has 0 saturated heterocycles. The maximum absolute atomic E-state index is 14.1. The minimum Gasteiger partial charge on any atom is -0.507 e. The van der Waals surface area contributed by atoms with Gasteiger partial charge < -0.3 is 29.2 Å². The van der Waals surface area contributed by atoms with Crippen molar-refractivity contribution in [3.8, 4) is 16.3 Å². The number of aromatic amines is 1. The van der Waals surface area contributed by atoms with Crippen molar-refractivity contribution in [2.24, 2.45) is 0 Å². The molecule has 11 heteroatoms. The first-order chi connectivity index (χ1) is 18.8. The van der Waals surface area contributed by atoms with Crippen molar-refractivity contribution in [3.05, 3.63) is 70.4 Å². The molecule has 1 unspecified atom stereocenters. The van der Waals surface area contributed by atoms with Crippen molar-refractivity contribution in [1.29, 1.82) is 0 Å². The molecule has 0 fully saturated rings. The highest BCUT2D eigenvalue weighted by molar-refractivity contribution is 7.54. The smallest absolute Gasteiger partial charge is 0.392 e. The molecule has 0 bridgehead atoms. The van der Waals surface area contributed by atoms with E-state index in [2.05, 4.69) is 16.0 Å². The molecule has 0 saturated carbocycles. The molecule has 4 rings (SSSR count). The van der Waals surface area contributed by atoms with E-state index in [-0.39, 0.29) is 25.6 Å². The second kappa shape index (κ2) is 12.9. The zero-order chi connectivity index (χ0) is 28.0. The molecule has 0 aliphatic rings. The first kappa shape index (κ1) is 29.0. The van der Waals surface area contributed by atoms with Crippen LogP contribution in [0.2, 0.25) is 0 Å². The summed E-state index contributed by atoms with van der Waals surface area (Å²) in [4.78, 5) is 20.6. The summed E-state index contributed by atoms with van der Waals surface area (Å²) in [5.41, 5.74) is 3.87. The number of aryl methyl sites for hydroxylation is 1. The van der Waals surface area contributed by atoms with E-state index in [0.717, 1.165) is 16.5 Å². The van der Waals surface area contributed by atoms with Gasteiger partial charge in [-0.15, -0.1) is 11.3 Å². The number of esters is 1. The van der Waals surface area contributed by atoms with E-state index >= 15 is 0 Å². The molecule has 2 aromatic heterocycles. The summed E-state index contributed by atoms with van der Waals surface area (Å²) in [5, 5.41) is 14.6. The third kappa shape index (κ3) is 6.42. The van der Waals surface area contributed by atoms with Crippen molar-refractivity contribution < 1.29 is 33.6 Å². The van der Waals surface area contributed by atoms with Crippen molar-refractivity contribution in [2.75, 3.05) is 26.4 Å². The Morgan fingerprint density at radius 1 is 1.13 bits per heavy atom. The van der Waals surface area contributed by atoms with Gasteiger partial charge in [-0.1, -0.05) is 18.2 Å². The molecule has 0 spiro atoms. The highest BCUT2D eigenvalue weighted by atomic mass is 32.1. The Labute approximate surface area is 232 Å². The Morgan fingerprint density at radius 2 is 1.87 bits per heavy atom. The fourth-order valence-corrected chi connectivity index (χ4v) is 7.58. The van der Waals surface area contributed by atoms with Crippen molar-refractivity contribution >= 4 is 35.8 Å². The van der Waals surface area contributed by atoms with Gasteiger partial charge in [0.15, 0.2) is 0 Å². The summed E-state index contributed by atoms with van der Waals surface area (Å²) < 4.78 is 30.7. The molecule has 2 aromatic carbocycles. The van der Waals surface area contributed by atoms with E-state index < -0.39 is 19.3 Å². The number of nitrogens with one attached hydrogen (secondary N) is 1. The molecule has 4 N–H and O–H groups in total. The van der Waals surface area contributed by atoms with Gasteiger partial charge in [0, 0.05) is 29.1 Å². The van der Waals surface area contributed by atoms with Crippen LogP contribution in [0.3, 0.4) is 0 Å². The minimum atomic E-state index is -3.69. The van der Waals surface area contributed by atoms with Crippen LogP contribution >= 0.6 is 18.9 Å². The van der Waals surface area contributed by atoms with Gasteiger partial charge in [-0.3, -0.25) is 4.57 Å². The molecule has 4 aromatic rings. The summed E-state index contributed by atoms with van der Waals surface area (Å²) in [6.45, 7) is 8.27. The van der Waals surface area contributed by atoms with Crippen molar-refractivity contribution in [3.63, 3.8) is 0 Å². The summed E-state index contributed by atoms with van der Waals surface area (Å²) in [6.07, 6.45) is 2.69. The first-order valence-electron chi connectivity index (χ1n) is 13.1. The number of carbonyl (C=O) groups is 1. The number of carbonyl (C=O) groups excluding carboxylic acids is 1. The molecule has 0 aliphatic carbocycles. The Bertz CT molecular complexity index is 1470. The lowest BCUT2D eigenvalue weighted by atomic mass is 10.1. The number of para-hydroxylation sites is 1.